The highest BCUT2D eigenvalue weighted by Crippen LogP contribution is 2.31. The van der Waals surface area contributed by atoms with Crippen LogP contribution < -0.4 is 11.3 Å². The van der Waals surface area contributed by atoms with Gasteiger partial charge in [-0.25, -0.2) is 0 Å². The maximum Gasteiger partial charge on any atom is 0.255 e. The number of hydrogen-bond acceptors (Lipinski definition) is 4. The number of benzene rings is 1. The van der Waals surface area contributed by atoms with E-state index < -0.39 is 0 Å². The summed E-state index contributed by atoms with van der Waals surface area (Å²) >= 11 is 0. The van der Waals surface area contributed by atoms with Crippen LogP contribution in [0.25, 0.3) is 22.3 Å². The van der Waals surface area contributed by atoms with E-state index >= 15 is 0 Å². The SMILES string of the molecule is C=N/C(=C\C=C(\C)N)c1ccn(-c2ccc3c4c(n(C)c3c2)CCN(C)C4)c(=O)c1. The van der Waals surface area contributed by atoms with E-state index in [9.17, 15) is 4.79 Å². The van der Waals surface area contributed by atoms with Gasteiger partial charge >= 0.3 is 0 Å². The number of rotatable bonds is 4. The van der Waals surface area contributed by atoms with E-state index in [2.05, 4.69) is 47.4 Å². The molecule has 30 heavy (non-hydrogen) atoms. The molecular weight excluding hydrogens is 374 g/mol. The van der Waals surface area contributed by atoms with Gasteiger partial charge in [-0.1, -0.05) is 6.07 Å². The van der Waals surface area contributed by atoms with Crippen LogP contribution in [0.3, 0.4) is 0 Å². The highest BCUT2D eigenvalue weighted by Gasteiger charge is 2.21. The second kappa shape index (κ2) is 7.80. The van der Waals surface area contributed by atoms with Crippen LogP contribution in [0.1, 0.15) is 23.7 Å². The van der Waals surface area contributed by atoms with Gasteiger partial charge in [-0.3, -0.25) is 14.4 Å². The lowest BCUT2D eigenvalue weighted by molar-refractivity contribution is 0.310. The molecule has 2 N–H and O–H groups in total. The van der Waals surface area contributed by atoms with Crippen molar-refractivity contribution in [2.75, 3.05) is 13.6 Å². The smallest absolute Gasteiger partial charge is 0.255 e. The molecule has 4 rings (SSSR count). The first-order valence-electron chi connectivity index (χ1n) is 10.0. The second-order valence-electron chi connectivity index (χ2n) is 7.92. The number of likely N-dealkylation sites (N-methyl/N-ethyl adjacent to an activating group) is 1. The van der Waals surface area contributed by atoms with Gasteiger partial charge in [-0.05, 0) is 56.6 Å². The van der Waals surface area contributed by atoms with E-state index in [1.165, 1.54) is 16.6 Å². The molecule has 0 atom stereocenters. The van der Waals surface area contributed by atoms with Crippen LogP contribution in [0, 0.1) is 0 Å². The van der Waals surface area contributed by atoms with Crippen LogP contribution in [-0.2, 0) is 20.0 Å². The van der Waals surface area contributed by atoms with Crippen molar-refractivity contribution >= 4 is 23.3 Å². The Hall–Kier alpha value is -3.38. The van der Waals surface area contributed by atoms with Crippen LogP contribution >= 0.6 is 0 Å². The molecule has 1 aliphatic rings. The molecular formula is C24H27N5O. The molecule has 3 aromatic rings. The van der Waals surface area contributed by atoms with Gasteiger partial charge in [-0.15, -0.1) is 0 Å². The van der Waals surface area contributed by atoms with Crippen LogP contribution in [0.4, 0.5) is 0 Å². The summed E-state index contributed by atoms with van der Waals surface area (Å²) < 4.78 is 3.93. The zero-order valence-electron chi connectivity index (χ0n) is 17.7. The van der Waals surface area contributed by atoms with E-state index in [4.69, 9.17) is 5.73 Å². The number of nitrogens with zero attached hydrogens (tertiary/aromatic N) is 4. The highest BCUT2D eigenvalue weighted by molar-refractivity contribution is 5.87. The lowest BCUT2D eigenvalue weighted by Gasteiger charge is -2.23. The first-order valence-corrected chi connectivity index (χ1v) is 10.0. The molecule has 0 fully saturated rings. The Kier molecular flexibility index (Phi) is 5.18. The van der Waals surface area contributed by atoms with Gasteiger partial charge < -0.3 is 15.2 Å². The second-order valence-corrected chi connectivity index (χ2v) is 7.92. The van der Waals surface area contributed by atoms with Crippen molar-refractivity contribution in [3.63, 3.8) is 0 Å². The summed E-state index contributed by atoms with van der Waals surface area (Å²) in [4.78, 5) is 19.2. The maximum absolute atomic E-state index is 12.9. The van der Waals surface area contributed by atoms with Gasteiger partial charge in [0.15, 0.2) is 0 Å². The summed E-state index contributed by atoms with van der Waals surface area (Å²) in [6.07, 6.45) is 6.34. The molecule has 1 aromatic carbocycles. The van der Waals surface area contributed by atoms with Crippen molar-refractivity contribution in [3.8, 4) is 5.69 Å². The minimum atomic E-state index is -0.117. The first kappa shape index (κ1) is 19.9. The van der Waals surface area contributed by atoms with Gasteiger partial charge in [-0.2, -0.15) is 0 Å². The van der Waals surface area contributed by atoms with E-state index in [0.717, 1.165) is 30.7 Å². The number of aliphatic imine (C=N–C) groups is 1. The van der Waals surface area contributed by atoms with Crippen molar-refractivity contribution in [1.82, 2.24) is 14.0 Å². The van der Waals surface area contributed by atoms with Gasteiger partial charge in [0.1, 0.15) is 0 Å². The lowest BCUT2D eigenvalue weighted by atomic mass is 10.0. The Bertz CT molecular complexity index is 1250. The molecule has 0 aliphatic carbocycles. The molecule has 3 heterocycles. The number of nitrogens with two attached hydrogens (primary N) is 1. The Morgan fingerprint density at radius 2 is 2.00 bits per heavy atom. The average molecular weight is 402 g/mol. The van der Waals surface area contributed by atoms with Crippen LogP contribution in [-0.4, -0.2) is 34.3 Å². The summed E-state index contributed by atoms with van der Waals surface area (Å²) in [5.74, 6) is 0. The first-order chi connectivity index (χ1) is 14.4. The molecule has 0 saturated heterocycles. The van der Waals surface area contributed by atoms with Crippen molar-refractivity contribution in [1.29, 1.82) is 0 Å². The molecule has 0 amide bonds. The molecule has 6 nitrogen and oxygen atoms in total. The third kappa shape index (κ3) is 3.50. The Balaban J connectivity index is 1.77. The molecule has 0 radical (unpaired) electrons. The van der Waals surface area contributed by atoms with Crippen LogP contribution in [0.15, 0.2) is 64.2 Å². The zero-order valence-corrected chi connectivity index (χ0v) is 17.7. The number of pyridine rings is 1. The van der Waals surface area contributed by atoms with E-state index in [1.54, 1.807) is 35.9 Å². The number of aryl methyl sites for hydroxylation is 1. The minimum absolute atomic E-state index is 0.117. The third-order valence-electron chi connectivity index (χ3n) is 5.75. The normalized spacial score (nSPS) is 15.4. The highest BCUT2D eigenvalue weighted by atomic mass is 16.1. The number of hydrogen-bond donors (Lipinski definition) is 1. The summed E-state index contributed by atoms with van der Waals surface area (Å²) in [7, 11) is 4.27. The summed E-state index contributed by atoms with van der Waals surface area (Å²) in [5.41, 5.74) is 12.3. The predicted octanol–water partition coefficient (Wildman–Crippen LogP) is 3.22. The molecule has 0 spiro atoms. The van der Waals surface area contributed by atoms with Gasteiger partial charge in [0.2, 0.25) is 0 Å². The van der Waals surface area contributed by atoms with Gasteiger partial charge in [0.05, 0.1) is 16.9 Å². The van der Waals surface area contributed by atoms with Gasteiger partial charge in [0.25, 0.3) is 5.56 Å². The summed E-state index contributed by atoms with van der Waals surface area (Å²) in [6, 6.07) is 9.69. The van der Waals surface area contributed by atoms with Crippen molar-refractivity contribution in [2.45, 2.75) is 19.9 Å². The topological polar surface area (TPSA) is 68.5 Å². The van der Waals surface area contributed by atoms with Crippen molar-refractivity contribution in [2.24, 2.45) is 17.8 Å². The predicted molar refractivity (Wildman–Crippen MR) is 124 cm³/mol. The molecule has 154 valence electrons. The fourth-order valence-electron chi connectivity index (χ4n) is 4.15. The Morgan fingerprint density at radius 1 is 1.20 bits per heavy atom. The largest absolute Gasteiger partial charge is 0.402 e. The number of aromatic nitrogens is 2. The molecule has 6 heteroatoms. The monoisotopic (exact) mass is 401 g/mol. The quantitative estimate of drug-likeness (QED) is 0.539. The minimum Gasteiger partial charge on any atom is -0.402 e. The van der Waals surface area contributed by atoms with E-state index in [1.807, 2.05) is 12.1 Å². The standard InChI is InChI=1S/C24H27N5O/c1-16(25)5-8-21(26-2)17-9-12-29(24(30)13-17)18-6-7-19-20-15-27(3)11-10-22(20)28(4)23(19)14-18/h5-9,12-14H,2,10-11,15,25H2,1,3-4H3/b16-5-,21-8-. The van der Waals surface area contributed by atoms with E-state index in [-0.39, 0.29) is 5.56 Å². The van der Waals surface area contributed by atoms with Crippen LogP contribution in [0.5, 0.6) is 0 Å². The summed E-state index contributed by atoms with van der Waals surface area (Å²) in [6.45, 7) is 7.43. The van der Waals surface area contributed by atoms with Crippen molar-refractivity contribution < 1.29 is 0 Å². The Labute approximate surface area is 176 Å². The third-order valence-corrected chi connectivity index (χ3v) is 5.75. The Morgan fingerprint density at radius 3 is 2.70 bits per heavy atom. The van der Waals surface area contributed by atoms with Crippen molar-refractivity contribution in [3.05, 3.63) is 81.6 Å². The average Bonchev–Trinajstić information content (AvgIpc) is 2.99. The molecule has 2 aromatic heterocycles. The van der Waals surface area contributed by atoms with Crippen LogP contribution in [0.2, 0.25) is 0 Å². The number of fused-ring (bicyclic) bond motifs is 3. The fourth-order valence-corrected chi connectivity index (χ4v) is 4.15. The summed E-state index contributed by atoms with van der Waals surface area (Å²) in [5, 5.41) is 1.26. The van der Waals surface area contributed by atoms with E-state index in [0.29, 0.717) is 17.0 Å². The molecule has 0 saturated carbocycles. The molecule has 0 bridgehead atoms. The fraction of sp³-hybridized carbons (Fsp3) is 0.250. The maximum atomic E-state index is 12.9. The molecule has 1 aliphatic heterocycles. The molecule has 0 unspecified atom stereocenters. The number of allylic oxidation sites excluding steroid dienone is 3. The zero-order chi connectivity index (χ0) is 21.4. The lowest BCUT2D eigenvalue weighted by Crippen LogP contribution is -2.26. The van der Waals surface area contributed by atoms with Gasteiger partial charge in [0, 0.05) is 61.2 Å².